The van der Waals surface area contributed by atoms with Gasteiger partial charge in [-0.25, -0.2) is 0 Å². The van der Waals surface area contributed by atoms with E-state index in [1.165, 1.54) is 0 Å². The fourth-order valence-electron chi connectivity index (χ4n) is 2.07. The SMILES string of the molecule is C=CC(C)P(=O)(c1ccccc1)c1ccccc1. The molecule has 0 bridgehead atoms. The van der Waals surface area contributed by atoms with Crippen molar-refractivity contribution >= 4 is 17.8 Å². The minimum Gasteiger partial charge on any atom is -0.313 e. The van der Waals surface area contributed by atoms with Crippen molar-refractivity contribution in [2.45, 2.75) is 12.6 Å². The molecule has 2 aromatic rings. The summed E-state index contributed by atoms with van der Waals surface area (Å²) in [6.07, 6.45) is 1.78. The average molecular weight is 256 g/mol. The monoisotopic (exact) mass is 256 g/mol. The van der Waals surface area contributed by atoms with Crippen LogP contribution in [0.25, 0.3) is 0 Å². The molecule has 0 amide bonds. The maximum atomic E-state index is 13.5. The zero-order chi connectivity index (χ0) is 13.0. The second-order valence-electron chi connectivity index (χ2n) is 4.31. The number of benzene rings is 2. The smallest absolute Gasteiger partial charge is 0.149 e. The normalized spacial score (nSPS) is 12.9. The highest BCUT2D eigenvalue weighted by Crippen LogP contribution is 2.48. The van der Waals surface area contributed by atoms with Crippen molar-refractivity contribution in [3.05, 3.63) is 73.3 Å². The van der Waals surface area contributed by atoms with Crippen LogP contribution in [-0.4, -0.2) is 5.66 Å². The minimum atomic E-state index is -2.63. The van der Waals surface area contributed by atoms with Gasteiger partial charge in [-0.05, 0) is 0 Å². The number of rotatable bonds is 4. The first-order chi connectivity index (χ1) is 8.69. The summed E-state index contributed by atoms with van der Waals surface area (Å²) in [6.45, 7) is 5.77. The van der Waals surface area contributed by atoms with E-state index < -0.39 is 7.14 Å². The second-order valence-corrected chi connectivity index (χ2v) is 7.47. The van der Waals surface area contributed by atoms with Crippen LogP contribution in [0.1, 0.15) is 6.92 Å². The maximum Gasteiger partial charge on any atom is 0.149 e. The standard InChI is InChI=1S/C16H17OP/c1-3-14(2)18(17,15-10-6-4-7-11-15)16-12-8-5-9-13-16/h3-14H,1H2,2H3. The molecule has 0 aliphatic rings. The Labute approximate surface area is 109 Å². The molecule has 0 saturated heterocycles. The molecule has 1 unspecified atom stereocenters. The topological polar surface area (TPSA) is 17.1 Å². The zero-order valence-corrected chi connectivity index (χ0v) is 11.4. The van der Waals surface area contributed by atoms with Crippen LogP contribution in [0.3, 0.4) is 0 Å². The van der Waals surface area contributed by atoms with Gasteiger partial charge in [0.1, 0.15) is 7.14 Å². The van der Waals surface area contributed by atoms with E-state index in [-0.39, 0.29) is 5.66 Å². The summed E-state index contributed by atoms with van der Waals surface area (Å²) in [5.74, 6) is 0. The van der Waals surface area contributed by atoms with Crippen molar-refractivity contribution in [2.75, 3.05) is 0 Å². The third kappa shape index (κ3) is 2.19. The summed E-state index contributed by atoms with van der Waals surface area (Å²) in [5, 5.41) is 1.78. The van der Waals surface area contributed by atoms with Crippen molar-refractivity contribution < 1.29 is 4.57 Å². The highest BCUT2D eigenvalue weighted by atomic mass is 31.2. The largest absolute Gasteiger partial charge is 0.313 e. The highest BCUT2D eigenvalue weighted by molar-refractivity contribution is 7.79. The molecule has 2 aromatic carbocycles. The van der Waals surface area contributed by atoms with Crippen LogP contribution in [0.15, 0.2) is 73.3 Å². The summed E-state index contributed by atoms with van der Waals surface area (Å²) in [4.78, 5) is 0. The lowest BCUT2D eigenvalue weighted by Gasteiger charge is -2.23. The molecular weight excluding hydrogens is 239 g/mol. The molecule has 0 radical (unpaired) electrons. The van der Waals surface area contributed by atoms with Gasteiger partial charge in [0.25, 0.3) is 0 Å². The summed E-state index contributed by atoms with van der Waals surface area (Å²) >= 11 is 0. The molecule has 2 rings (SSSR count). The molecular formula is C16H17OP. The van der Waals surface area contributed by atoms with E-state index in [2.05, 4.69) is 6.58 Å². The molecule has 0 aliphatic heterocycles. The summed E-state index contributed by atoms with van der Waals surface area (Å²) in [6, 6.07) is 19.4. The van der Waals surface area contributed by atoms with Crippen LogP contribution >= 0.6 is 7.14 Å². The first-order valence-corrected chi connectivity index (χ1v) is 7.80. The number of hydrogen-bond donors (Lipinski definition) is 0. The van der Waals surface area contributed by atoms with E-state index >= 15 is 0 Å². The molecule has 1 atom stereocenters. The molecule has 0 spiro atoms. The Morgan fingerprint density at radius 2 is 1.33 bits per heavy atom. The molecule has 1 nitrogen and oxygen atoms in total. The van der Waals surface area contributed by atoms with Gasteiger partial charge in [0, 0.05) is 16.3 Å². The lowest BCUT2D eigenvalue weighted by atomic mass is 10.4. The van der Waals surface area contributed by atoms with Crippen LogP contribution < -0.4 is 10.6 Å². The zero-order valence-electron chi connectivity index (χ0n) is 10.5. The van der Waals surface area contributed by atoms with Gasteiger partial charge in [0.15, 0.2) is 0 Å². The van der Waals surface area contributed by atoms with E-state index in [9.17, 15) is 4.57 Å². The third-order valence-corrected chi connectivity index (χ3v) is 6.68. The van der Waals surface area contributed by atoms with Gasteiger partial charge in [-0.15, -0.1) is 6.58 Å². The molecule has 0 heterocycles. The Morgan fingerprint density at radius 3 is 1.67 bits per heavy atom. The first-order valence-electron chi connectivity index (χ1n) is 6.03. The lowest BCUT2D eigenvalue weighted by molar-refractivity contribution is 0.584. The van der Waals surface area contributed by atoms with Gasteiger partial charge in [-0.3, -0.25) is 0 Å². The number of hydrogen-bond acceptors (Lipinski definition) is 1. The molecule has 0 aliphatic carbocycles. The van der Waals surface area contributed by atoms with E-state index in [0.29, 0.717) is 0 Å². The van der Waals surface area contributed by atoms with Crippen LogP contribution in [-0.2, 0) is 4.57 Å². The molecule has 92 valence electrons. The van der Waals surface area contributed by atoms with Gasteiger partial charge in [-0.2, -0.15) is 0 Å². The van der Waals surface area contributed by atoms with Crippen molar-refractivity contribution in [3.63, 3.8) is 0 Å². The number of allylic oxidation sites excluding steroid dienone is 1. The third-order valence-electron chi connectivity index (χ3n) is 3.19. The van der Waals surface area contributed by atoms with E-state index in [0.717, 1.165) is 10.6 Å². The Morgan fingerprint density at radius 1 is 0.944 bits per heavy atom. The van der Waals surface area contributed by atoms with E-state index in [1.54, 1.807) is 6.08 Å². The molecule has 0 aromatic heterocycles. The van der Waals surface area contributed by atoms with E-state index in [4.69, 9.17) is 0 Å². The maximum absolute atomic E-state index is 13.5. The van der Waals surface area contributed by atoms with Crippen LogP contribution in [0.4, 0.5) is 0 Å². The predicted molar refractivity (Wildman–Crippen MR) is 79.4 cm³/mol. The quantitative estimate of drug-likeness (QED) is 0.603. The fourth-order valence-corrected chi connectivity index (χ4v) is 4.83. The summed E-state index contributed by atoms with van der Waals surface area (Å²) < 4.78 is 13.5. The van der Waals surface area contributed by atoms with Gasteiger partial charge >= 0.3 is 0 Å². The summed E-state index contributed by atoms with van der Waals surface area (Å²) in [7, 11) is -2.63. The predicted octanol–water partition coefficient (Wildman–Crippen LogP) is 3.58. The Bertz CT molecular complexity index is 517. The van der Waals surface area contributed by atoms with Gasteiger partial charge in [0.2, 0.25) is 0 Å². The Balaban J connectivity index is 2.63. The first kappa shape index (κ1) is 12.9. The van der Waals surface area contributed by atoms with Crippen molar-refractivity contribution in [3.8, 4) is 0 Å². The Hall–Kier alpha value is -1.59. The fraction of sp³-hybridized carbons (Fsp3) is 0.125. The molecule has 0 N–H and O–H groups in total. The van der Waals surface area contributed by atoms with Crippen LogP contribution in [0.5, 0.6) is 0 Å². The molecule has 2 heteroatoms. The van der Waals surface area contributed by atoms with Gasteiger partial charge in [0.05, 0.1) is 0 Å². The summed E-state index contributed by atoms with van der Waals surface area (Å²) in [5.41, 5.74) is -0.0673. The second kappa shape index (κ2) is 5.37. The van der Waals surface area contributed by atoms with Crippen LogP contribution in [0.2, 0.25) is 0 Å². The van der Waals surface area contributed by atoms with E-state index in [1.807, 2.05) is 67.6 Å². The van der Waals surface area contributed by atoms with Crippen molar-refractivity contribution in [2.24, 2.45) is 0 Å². The lowest BCUT2D eigenvalue weighted by Crippen LogP contribution is -2.22. The molecule has 0 fully saturated rings. The van der Waals surface area contributed by atoms with Crippen LogP contribution in [0, 0.1) is 0 Å². The minimum absolute atomic E-state index is 0.0673. The molecule has 18 heavy (non-hydrogen) atoms. The highest BCUT2D eigenvalue weighted by Gasteiger charge is 2.31. The van der Waals surface area contributed by atoms with Crippen molar-refractivity contribution in [1.82, 2.24) is 0 Å². The van der Waals surface area contributed by atoms with Gasteiger partial charge < -0.3 is 4.57 Å². The average Bonchev–Trinajstić information content (AvgIpc) is 2.47. The molecule has 0 saturated carbocycles. The van der Waals surface area contributed by atoms with Gasteiger partial charge in [-0.1, -0.05) is 73.7 Å². The van der Waals surface area contributed by atoms with Crippen molar-refractivity contribution in [1.29, 1.82) is 0 Å². The Kier molecular flexibility index (Phi) is 3.84.